The number of hydrazone groups is 1. The molecule has 1 heterocycles. The van der Waals surface area contributed by atoms with Gasteiger partial charge in [0.15, 0.2) is 0 Å². The third-order valence-corrected chi connectivity index (χ3v) is 5.54. The van der Waals surface area contributed by atoms with Crippen molar-refractivity contribution in [2.75, 3.05) is 6.61 Å². The SMILES string of the molecule is C#CCOc1ccc(Br)cc1/C=N\N1C(=O)[C@@H]2[C@H](C1=O)[C@H]1C=C[C@H]2C1. The van der Waals surface area contributed by atoms with E-state index in [1.54, 1.807) is 12.1 Å². The number of rotatable bonds is 4. The van der Waals surface area contributed by atoms with Crippen LogP contribution in [0.4, 0.5) is 0 Å². The van der Waals surface area contributed by atoms with Gasteiger partial charge in [-0.1, -0.05) is 34.0 Å². The molecule has 0 spiro atoms. The Kier molecular flexibility index (Phi) is 3.97. The summed E-state index contributed by atoms with van der Waals surface area (Å²) >= 11 is 3.39. The van der Waals surface area contributed by atoms with Gasteiger partial charge in [-0.3, -0.25) is 9.59 Å². The van der Waals surface area contributed by atoms with E-state index >= 15 is 0 Å². The van der Waals surface area contributed by atoms with E-state index in [2.05, 4.69) is 39.1 Å². The molecule has 2 fully saturated rings. The van der Waals surface area contributed by atoms with Crippen molar-refractivity contribution in [1.29, 1.82) is 0 Å². The maximum absolute atomic E-state index is 12.6. The molecule has 5 nitrogen and oxygen atoms in total. The lowest BCUT2D eigenvalue weighted by molar-refractivity contribution is -0.140. The molecule has 1 aliphatic heterocycles. The fraction of sp³-hybridized carbons (Fsp3) is 0.316. The molecule has 0 unspecified atom stereocenters. The normalized spacial score (nSPS) is 29.5. The minimum absolute atomic E-state index is 0.128. The smallest absolute Gasteiger partial charge is 0.254 e. The Hall–Kier alpha value is -2.39. The van der Waals surface area contributed by atoms with Gasteiger partial charge in [0.1, 0.15) is 12.4 Å². The molecule has 1 aromatic carbocycles. The summed E-state index contributed by atoms with van der Waals surface area (Å²) in [5.74, 6) is 2.39. The number of imide groups is 1. The first-order valence-electron chi connectivity index (χ1n) is 8.06. The van der Waals surface area contributed by atoms with Crippen molar-refractivity contribution in [3.8, 4) is 18.1 Å². The number of benzene rings is 1. The number of hydrogen-bond acceptors (Lipinski definition) is 4. The van der Waals surface area contributed by atoms with E-state index < -0.39 is 0 Å². The number of allylic oxidation sites excluding steroid dienone is 2. The summed E-state index contributed by atoms with van der Waals surface area (Å²) in [6, 6.07) is 5.38. The zero-order valence-electron chi connectivity index (χ0n) is 13.3. The Morgan fingerprint density at radius 2 is 1.96 bits per heavy atom. The Balaban J connectivity index is 1.59. The minimum Gasteiger partial charge on any atom is -0.480 e. The molecule has 2 amide bonds. The second-order valence-electron chi connectivity index (χ2n) is 6.41. The molecule has 1 saturated carbocycles. The van der Waals surface area contributed by atoms with Crippen molar-refractivity contribution in [2.45, 2.75) is 6.42 Å². The maximum atomic E-state index is 12.6. The van der Waals surface area contributed by atoms with Crippen molar-refractivity contribution in [3.05, 3.63) is 40.4 Å². The molecule has 0 aromatic heterocycles. The van der Waals surface area contributed by atoms with Crippen LogP contribution in [0.25, 0.3) is 0 Å². The highest BCUT2D eigenvalue weighted by Crippen LogP contribution is 2.52. The quantitative estimate of drug-likeness (QED) is 0.339. The predicted molar refractivity (Wildman–Crippen MR) is 95.6 cm³/mol. The number of carbonyl (C=O) groups is 2. The number of terminal acetylenes is 1. The van der Waals surface area contributed by atoms with Crippen LogP contribution >= 0.6 is 15.9 Å². The van der Waals surface area contributed by atoms with E-state index in [1.165, 1.54) is 6.21 Å². The van der Waals surface area contributed by atoms with Gasteiger partial charge in [0.2, 0.25) is 0 Å². The Labute approximate surface area is 153 Å². The second kappa shape index (κ2) is 6.16. The highest BCUT2D eigenvalue weighted by Gasteiger charge is 2.59. The molecule has 0 radical (unpaired) electrons. The van der Waals surface area contributed by atoms with Gasteiger partial charge in [-0.15, -0.1) is 6.42 Å². The summed E-state index contributed by atoms with van der Waals surface area (Å²) in [6.07, 6.45) is 11.7. The topological polar surface area (TPSA) is 59.0 Å². The lowest BCUT2D eigenvalue weighted by atomic mass is 9.85. The summed E-state index contributed by atoms with van der Waals surface area (Å²) in [7, 11) is 0. The van der Waals surface area contributed by atoms with Crippen molar-refractivity contribution in [1.82, 2.24) is 5.01 Å². The first-order valence-corrected chi connectivity index (χ1v) is 8.85. The number of carbonyl (C=O) groups excluding carboxylic acids is 2. The molecule has 6 heteroatoms. The highest BCUT2D eigenvalue weighted by molar-refractivity contribution is 9.10. The van der Waals surface area contributed by atoms with Crippen LogP contribution in [-0.2, 0) is 9.59 Å². The third kappa shape index (κ3) is 2.59. The van der Waals surface area contributed by atoms with Crippen LogP contribution in [0.3, 0.4) is 0 Å². The van der Waals surface area contributed by atoms with Gasteiger partial charge in [0.05, 0.1) is 18.1 Å². The van der Waals surface area contributed by atoms with Gasteiger partial charge in [-0.2, -0.15) is 10.1 Å². The van der Waals surface area contributed by atoms with Crippen LogP contribution in [-0.4, -0.2) is 29.6 Å². The number of fused-ring (bicyclic) bond motifs is 5. The molecular weight excluding hydrogens is 384 g/mol. The highest BCUT2D eigenvalue weighted by atomic mass is 79.9. The van der Waals surface area contributed by atoms with E-state index in [0.717, 1.165) is 15.9 Å². The first-order chi connectivity index (χ1) is 12.1. The average Bonchev–Trinajstić information content (AvgIpc) is 3.27. The summed E-state index contributed by atoms with van der Waals surface area (Å²) in [5.41, 5.74) is 0.642. The lowest BCUT2D eigenvalue weighted by Gasteiger charge is -2.13. The van der Waals surface area contributed by atoms with Crippen LogP contribution in [0.15, 0.2) is 39.9 Å². The summed E-state index contributed by atoms with van der Waals surface area (Å²) in [6.45, 7) is 0.128. The minimum atomic E-state index is -0.251. The van der Waals surface area contributed by atoms with Gasteiger partial charge in [-0.05, 0) is 36.5 Å². The monoisotopic (exact) mass is 398 g/mol. The van der Waals surface area contributed by atoms with Crippen LogP contribution in [0, 0.1) is 36.0 Å². The molecule has 0 N–H and O–H groups in total. The van der Waals surface area contributed by atoms with E-state index in [4.69, 9.17) is 11.2 Å². The molecule has 4 rings (SSSR count). The first kappa shape index (κ1) is 16.1. The van der Waals surface area contributed by atoms with Gasteiger partial charge >= 0.3 is 0 Å². The van der Waals surface area contributed by atoms with Gasteiger partial charge in [0.25, 0.3) is 11.8 Å². The van der Waals surface area contributed by atoms with Crippen molar-refractivity contribution >= 4 is 34.0 Å². The van der Waals surface area contributed by atoms with Gasteiger partial charge in [-0.25, -0.2) is 0 Å². The van der Waals surface area contributed by atoms with Crippen molar-refractivity contribution in [3.63, 3.8) is 0 Å². The van der Waals surface area contributed by atoms with Crippen LogP contribution < -0.4 is 4.74 Å². The van der Waals surface area contributed by atoms with E-state index in [1.807, 2.05) is 6.07 Å². The molecule has 2 bridgehead atoms. The lowest BCUT2D eigenvalue weighted by Crippen LogP contribution is -2.28. The van der Waals surface area contributed by atoms with Gasteiger partial charge in [0, 0.05) is 10.0 Å². The molecule has 126 valence electrons. The molecule has 2 aliphatic carbocycles. The van der Waals surface area contributed by atoms with Crippen molar-refractivity contribution in [2.24, 2.45) is 28.8 Å². The molecule has 4 atom stereocenters. The molecule has 1 aromatic rings. The zero-order valence-corrected chi connectivity index (χ0v) is 14.8. The number of nitrogens with zero attached hydrogens (tertiary/aromatic N) is 2. The molecule has 3 aliphatic rings. The number of amides is 2. The number of ether oxygens (including phenoxy) is 1. The van der Waals surface area contributed by atoms with Crippen molar-refractivity contribution < 1.29 is 14.3 Å². The summed E-state index contributed by atoms with van der Waals surface area (Å²) in [5, 5.41) is 5.19. The summed E-state index contributed by atoms with van der Waals surface area (Å²) < 4.78 is 6.32. The Bertz CT molecular complexity index is 825. The van der Waals surface area contributed by atoms with E-state index in [9.17, 15) is 9.59 Å². The molecule has 1 saturated heterocycles. The Morgan fingerprint density at radius 1 is 1.28 bits per heavy atom. The number of hydrogen-bond donors (Lipinski definition) is 0. The standard InChI is InChI=1S/C19H15BrN2O3/c1-2-7-25-15-6-5-14(20)9-13(15)10-21-22-18(23)16-11-3-4-12(8-11)17(16)19(22)24/h1,3-6,9-12,16-17H,7-8H2/b21-10-/t11-,12-,16-,17+/m0/s1. The van der Waals surface area contributed by atoms with E-state index in [-0.39, 0.29) is 42.1 Å². The predicted octanol–water partition coefficient (Wildman–Crippen LogP) is 2.60. The zero-order chi connectivity index (χ0) is 17.6. The Morgan fingerprint density at radius 3 is 2.60 bits per heavy atom. The fourth-order valence-electron chi connectivity index (χ4n) is 3.99. The third-order valence-electron chi connectivity index (χ3n) is 5.04. The van der Waals surface area contributed by atoms with E-state index in [0.29, 0.717) is 11.3 Å². The maximum Gasteiger partial charge on any atom is 0.254 e. The van der Waals surface area contributed by atoms with Crippen LogP contribution in [0.1, 0.15) is 12.0 Å². The van der Waals surface area contributed by atoms with Crippen LogP contribution in [0.5, 0.6) is 5.75 Å². The largest absolute Gasteiger partial charge is 0.480 e. The average molecular weight is 399 g/mol. The van der Waals surface area contributed by atoms with Crippen LogP contribution in [0.2, 0.25) is 0 Å². The molecule has 25 heavy (non-hydrogen) atoms. The summed E-state index contributed by atoms with van der Waals surface area (Å²) in [4.78, 5) is 25.2. The molecular formula is C19H15BrN2O3. The fourth-order valence-corrected chi connectivity index (χ4v) is 4.37. The number of halogens is 1. The van der Waals surface area contributed by atoms with Gasteiger partial charge < -0.3 is 4.74 Å². The second-order valence-corrected chi connectivity index (χ2v) is 7.32.